The number of rotatable bonds is 12. The van der Waals surface area contributed by atoms with Gasteiger partial charge in [-0.2, -0.15) is 74.6 Å². The van der Waals surface area contributed by atoms with Crippen LogP contribution < -0.4 is 0 Å². The zero-order valence-electron chi connectivity index (χ0n) is 19.8. The third-order valence-corrected chi connectivity index (χ3v) is 5.90. The zero-order chi connectivity index (χ0) is 31.3. The summed E-state index contributed by atoms with van der Waals surface area (Å²) in [5.41, 5.74) is -3.05. The molecule has 1 unspecified atom stereocenters. The van der Waals surface area contributed by atoms with Gasteiger partial charge in [-0.1, -0.05) is 37.6 Å². The molecule has 0 aliphatic rings. The first-order valence-corrected chi connectivity index (χ1v) is 10.4. The molecule has 0 radical (unpaired) electrons. The molecule has 0 aliphatic carbocycles. The van der Waals surface area contributed by atoms with Crippen molar-refractivity contribution >= 4 is 0 Å². The van der Waals surface area contributed by atoms with Crippen molar-refractivity contribution in [3.05, 3.63) is 35.4 Å². The minimum atomic E-state index is -8.65. The highest BCUT2D eigenvalue weighted by molar-refractivity contribution is 5.33. The van der Waals surface area contributed by atoms with E-state index in [0.29, 0.717) is 20.5 Å². The van der Waals surface area contributed by atoms with Gasteiger partial charge >= 0.3 is 47.6 Å². The van der Waals surface area contributed by atoms with E-state index in [4.69, 9.17) is 4.74 Å². The van der Waals surface area contributed by atoms with Gasteiger partial charge in [0.15, 0.2) is 0 Å². The first-order chi connectivity index (χ1) is 17.1. The van der Waals surface area contributed by atoms with Gasteiger partial charge in [-0.15, -0.1) is 0 Å². The lowest BCUT2D eigenvalue weighted by atomic mass is 9.81. The van der Waals surface area contributed by atoms with Crippen molar-refractivity contribution in [2.45, 2.75) is 86.3 Å². The van der Waals surface area contributed by atoms with Crippen LogP contribution in [0.5, 0.6) is 0 Å². The Kier molecular flexibility index (Phi) is 9.09. The van der Waals surface area contributed by atoms with Crippen LogP contribution in [-0.4, -0.2) is 54.7 Å². The van der Waals surface area contributed by atoms with Crippen LogP contribution in [-0.2, 0) is 16.8 Å². The van der Waals surface area contributed by atoms with Gasteiger partial charge in [0.1, 0.15) is 0 Å². The molecule has 18 heteroatoms. The minimum absolute atomic E-state index is 0.0417. The molecule has 0 bridgehead atoms. The van der Waals surface area contributed by atoms with Crippen LogP contribution in [0.15, 0.2) is 24.3 Å². The highest BCUT2D eigenvalue weighted by Gasteiger charge is 2.95. The largest absolute Gasteiger partial charge is 0.460 e. The highest BCUT2D eigenvalue weighted by Crippen LogP contribution is 2.64. The molecular weight excluding hydrogens is 591 g/mol. The van der Waals surface area contributed by atoms with E-state index in [1.54, 1.807) is 6.92 Å². The Morgan fingerprint density at radius 3 is 1.36 bits per heavy atom. The molecule has 1 rings (SSSR count). The van der Waals surface area contributed by atoms with Gasteiger partial charge in [0.05, 0.1) is 12.0 Å². The average molecular weight is 610 g/mol. The monoisotopic (exact) mass is 610 g/mol. The number of hydrogen-bond acceptors (Lipinski definition) is 1. The van der Waals surface area contributed by atoms with Crippen molar-refractivity contribution < 1.29 is 79.4 Å². The molecule has 0 heterocycles. The Hall–Kier alpha value is -2.01. The summed E-state index contributed by atoms with van der Waals surface area (Å²) < 4.78 is 235. The summed E-state index contributed by atoms with van der Waals surface area (Å²) in [6, 6.07) is 4.68. The first-order valence-electron chi connectivity index (χ1n) is 10.4. The molecule has 0 amide bonds. The van der Waals surface area contributed by atoms with E-state index < -0.39 is 59.7 Å². The smallest absolute Gasteiger partial charge is 0.374 e. The Balaban J connectivity index is 3.70. The van der Waals surface area contributed by atoms with Gasteiger partial charge in [-0.3, -0.25) is 0 Å². The fourth-order valence-electron chi connectivity index (χ4n) is 3.53. The third-order valence-electron chi connectivity index (χ3n) is 5.90. The van der Waals surface area contributed by atoms with Crippen LogP contribution in [0.3, 0.4) is 0 Å². The van der Waals surface area contributed by atoms with Crippen molar-refractivity contribution in [1.82, 2.24) is 0 Å². The van der Waals surface area contributed by atoms with Crippen LogP contribution >= 0.6 is 0 Å². The predicted molar refractivity (Wildman–Crippen MR) is 100 cm³/mol. The highest BCUT2D eigenvalue weighted by atomic mass is 19.4. The van der Waals surface area contributed by atoms with E-state index in [1.165, 1.54) is 12.1 Å². The minimum Gasteiger partial charge on any atom is -0.374 e. The van der Waals surface area contributed by atoms with Crippen molar-refractivity contribution in [3.8, 4) is 0 Å². The van der Waals surface area contributed by atoms with E-state index in [-0.39, 0.29) is 17.5 Å². The van der Waals surface area contributed by atoms with E-state index in [2.05, 4.69) is 0 Å². The van der Waals surface area contributed by atoms with Gasteiger partial charge < -0.3 is 4.74 Å². The number of ether oxygens (including phenoxy) is 1. The molecule has 1 nitrogen and oxygen atoms in total. The van der Waals surface area contributed by atoms with Crippen LogP contribution in [0.2, 0.25) is 0 Å². The zero-order valence-corrected chi connectivity index (χ0v) is 19.8. The standard InChI is InChI=1S/C21H19F17O/c1-4-7-11-8-5-6-9-12(11)13(2,39-3)10-14(22,23)15(24,25)16(26,27)17(28,29)18(30,31)19(32,33)20(34,35)21(36,37)38/h5-6,8-9H,4,7,10H2,1-3H3. The summed E-state index contributed by atoms with van der Waals surface area (Å²) in [7, 11) is 0.581. The van der Waals surface area contributed by atoms with Crippen molar-refractivity contribution in [2.24, 2.45) is 0 Å². The molecule has 0 saturated heterocycles. The Labute approximate surface area is 209 Å². The Morgan fingerprint density at radius 1 is 0.590 bits per heavy atom. The molecule has 1 aromatic rings. The fourth-order valence-corrected chi connectivity index (χ4v) is 3.53. The van der Waals surface area contributed by atoms with Crippen molar-refractivity contribution in [1.29, 1.82) is 0 Å². The van der Waals surface area contributed by atoms with Gasteiger partial charge in [-0.05, 0) is 24.5 Å². The summed E-state index contributed by atoms with van der Waals surface area (Å²) in [5.74, 6) is -56.6. The van der Waals surface area contributed by atoms with Crippen LogP contribution in [0, 0.1) is 0 Å². The topological polar surface area (TPSA) is 9.23 Å². The van der Waals surface area contributed by atoms with Crippen LogP contribution in [0.1, 0.15) is 37.8 Å². The maximum atomic E-state index is 14.6. The van der Waals surface area contributed by atoms with E-state index in [0.717, 1.165) is 12.1 Å². The summed E-state index contributed by atoms with van der Waals surface area (Å²) >= 11 is 0. The SMILES string of the molecule is CCCc1ccccc1C(C)(CC(F)(F)C(F)(F)C(F)(F)C(F)(F)C(F)(F)C(F)(F)C(F)(F)C(F)(F)F)OC. The summed E-state index contributed by atoms with van der Waals surface area (Å²) in [6.07, 6.45) is -10.2. The van der Waals surface area contributed by atoms with Gasteiger partial charge in [0, 0.05) is 7.11 Å². The number of hydrogen-bond donors (Lipinski definition) is 0. The number of methoxy groups -OCH3 is 1. The second-order valence-electron chi connectivity index (χ2n) is 8.67. The number of alkyl halides is 17. The maximum Gasteiger partial charge on any atom is 0.460 e. The molecule has 1 atom stereocenters. The van der Waals surface area contributed by atoms with Gasteiger partial charge in [0.25, 0.3) is 0 Å². The number of benzene rings is 1. The molecule has 1 aromatic carbocycles. The van der Waals surface area contributed by atoms with Crippen molar-refractivity contribution in [3.63, 3.8) is 0 Å². The Morgan fingerprint density at radius 2 is 0.974 bits per heavy atom. The Bertz CT molecular complexity index is 998. The molecule has 0 saturated carbocycles. The molecule has 0 spiro atoms. The second-order valence-corrected chi connectivity index (χ2v) is 8.67. The predicted octanol–water partition coefficient (Wildman–Crippen LogP) is 8.90. The molecule has 228 valence electrons. The van der Waals surface area contributed by atoms with E-state index in [9.17, 15) is 74.6 Å². The first kappa shape index (κ1) is 35.0. The second kappa shape index (κ2) is 10.1. The quantitative estimate of drug-likeness (QED) is 0.215. The van der Waals surface area contributed by atoms with Crippen molar-refractivity contribution in [2.75, 3.05) is 7.11 Å². The lowest BCUT2D eigenvalue weighted by Gasteiger charge is -2.44. The lowest BCUT2D eigenvalue weighted by molar-refractivity contribution is -0.462. The molecular formula is C21H19F17O. The molecule has 39 heavy (non-hydrogen) atoms. The average Bonchev–Trinajstić information content (AvgIpc) is 2.77. The number of aryl methyl sites for hydroxylation is 1. The molecule has 0 fully saturated rings. The maximum absolute atomic E-state index is 14.6. The summed E-state index contributed by atoms with van der Waals surface area (Å²) in [6.45, 7) is 2.14. The van der Waals surface area contributed by atoms with Crippen LogP contribution in [0.25, 0.3) is 0 Å². The van der Waals surface area contributed by atoms with Gasteiger partial charge in [0.2, 0.25) is 0 Å². The van der Waals surface area contributed by atoms with Crippen LogP contribution in [0.4, 0.5) is 74.6 Å². The van der Waals surface area contributed by atoms with E-state index >= 15 is 0 Å². The summed E-state index contributed by atoms with van der Waals surface area (Å²) in [4.78, 5) is 0. The third kappa shape index (κ3) is 5.13. The molecule has 0 N–H and O–H groups in total. The molecule has 0 aliphatic heterocycles. The summed E-state index contributed by atoms with van der Waals surface area (Å²) in [5, 5.41) is 0. The lowest BCUT2D eigenvalue weighted by Crippen LogP contribution is -2.74. The number of halogens is 17. The fraction of sp³-hybridized carbons (Fsp3) is 0.714. The normalized spacial score (nSPS) is 16.8. The van der Waals surface area contributed by atoms with Gasteiger partial charge in [-0.25, -0.2) is 0 Å². The van der Waals surface area contributed by atoms with E-state index in [1.807, 2.05) is 0 Å². The molecule has 0 aromatic heterocycles.